The predicted molar refractivity (Wildman–Crippen MR) is 62.9 cm³/mol. The molecule has 0 aromatic rings. The second-order valence-electron chi connectivity index (χ2n) is 4.63. The van der Waals surface area contributed by atoms with Crippen LogP contribution in [0.15, 0.2) is 0 Å². The van der Waals surface area contributed by atoms with E-state index in [9.17, 15) is 13.2 Å². The Morgan fingerprint density at radius 1 is 1.44 bits per heavy atom. The number of amides is 1. The van der Waals surface area contributed by atoms with Gasteiger partial charge in [0, 0.05) is 18.8 Å². The Morgan fingerprint density at radius 2 is 2.12 bits per heavy atom. The molecule has 6 heteroatoms. The van der Waals surface area contributed by atoms with Crippen molar-refractivity contribution in [1.29, 1.82) is 0 Å². The molecule has 0 radical (unpaired) electrons. The van der Waals surface area contributed by atoms with Gasteiger partial charge in [0.1, 0.15) is 5.75 Å². The highest BCUT2D eigenvalue weighted by Gasteiger charge is 2.18. The molecule has 16 heavy (non-hydrogen) atoms. The number of carbonyl (C=O) groups is 1. The second-order valence-corrected chi connectivity index (χ2v) is 6.77. The van der Waals surface area contributed by atoms with Crippen LogP contribution in [-0.4, -0.2) is 45.5 Å². The van der Waals surface area contributed by atoms with E-state index in [4.69, 9.17) is 0 Å². The van der Waals surface area contributed by atoms with E-state index in [1.54, 1.807) is 0 Å². The average Bonchev–Trinajstić information content (AvgIpc) is 2.14. The Labute approximate surface area is 96.9 Å². The van der Waals surface area contributed by atoms with Gasteiger partial charge < -0.3 is 10.6 Å². The van der Waals surface area contributed by atoms with E-state index in [1.807, 2.05) is 0 Å². The van der Waals surface area contributed by atoms with Gasteiger partial charge in [-0.2, -0.15) is 0 Å². The van der Waals surface area contributed by atoms with Gasteiger partial charge >= 0.3 is 0 Å². The molecule has 1 heterocycles. The minimum absolute atomic E-state index is 0.402. The quantitative estimate of drug-likeness (QED) is 0.705. The van der Waals surface area contributed by atoms with Crippen molar-refractivity contribution < 1.29 is 13.2 Å². The molecule has 0 bridgehead atoms. The van der Waals surface area contributed by atoms with Crippen LogP contribution in [0.1, 0.15) is 19.8 Å². The number of nitrogens with one attached hydrogen (secondary N) is 2. The van der Waals surface area contributed by atoms with Gasteiger partial charge in [0.2, 0.25) is 5.91 Å². The minimum atomic E-state index is -3.21. The van der Waals surface area contributed by atoms with Crippen LogP contribution in [0, 0.1) is 5.92 Å². The van der Waals surface area contributed by atoms with Crippen molar-refractivity contribution in [2.75, 3.05) is 25.1 Å². The van der Waals surface area contributed by atoms with Crippen LogP contribution in [0.5, 0.6) is 0 Å². The zero-order valence-corrected chi connectivity index (χ0v) is 10.6. The third kappa shape index (κ3) is 5.46. The third-order valence-corrected chi connectivity index (χ3v) is 3.53. The summed E-state index contributed by atoms with van der Waals surface area (Å²) in [5.74, 6) is -0.398. The van der Waals surface area contributed by atoms with E-state index >= 15 is 0 Å². The van der Waals surface area contributed by atoms with Crippen molar-refractivity contribution >= 4 is 15.7 Å². The molecular weight excluding hydrogens is 228 g/mol. The summed E-state index contributed by atoms with van der Waals surface area (Å²) in [6.07, 6.45) is 3.25. The molecule has 94 valence electrons. The van der Waals surface area contributed by atoms with Crippen LogP contribution >= 0.6 is 0 Å². The molecule has 0 aromatic carbocycles. The fraction of sp³-hybridized carbons (Fsp3) is 0.900. The van der Waals surface area contributed by atoms with Crippen LogP contribution in [-0.2, 0) is 14.6 Å². The maximum atomic E-state index is 11.3. The second kappa shape index (κ2) is 5.63. The van der Waals surface area contributed by atoms with Crippen LogP contribution in [0.25, 0.3) is 0 Å². The van der Waals surface area contributed by atoms with Gasteiger partial charge in [0.25, 0.3) is 0 Å². The first-order valence-corrected chi connectivity index (χ1v) is 7.60. The monoisotopic (exact) mass is 248 g/mol. The first-order chi connectivity index (χ1) is 7.37. The Balaban J connectivity index is 2.22. The van der Waals surface area contributed by atoms with Crippen molar-refractivity contribution in [2.45, 2.75) is 25.8 Å². The maximum Gasteiger partial charge on any atom is 0.235 e. The molecule has 1 fully saturated rings. The number of carbonyl (C=O) groups excluding carboxylic acids is 1. The molecule has 2 N–H and O–H groups in total. The predicted octanol–water partition coefficient (Wildman–Crippen LogP) is -0.465. The van der Waals surface area contributed by atoms with Crippen molar-refractivity contribution in [3.63, 3.8) is 0 Å². The molecule has 0 aromatic heterocycles. The molecule has 0 spiro atoms. The van der Waals surface area contributed by atoms with Gasteiger partial charge in [-0.1, -0.05) is 0 Å². The summed E-state index contributed by atoms with van der Waals surface area (Å²) < 4.78 is 21.7. The molecule has 0 aliphatic carbocycles. The normalized spacial score (nSPS) is 26.4. The molecule has 1 amide bonds. The topological polar surface area (TPSA) is 75.3 Å². The van der Waals surface area contributed by atoms with Gasteiger partial charge in [0.05, 0.1) is 0 Å². The molecule has 1 rings (SSSR count). The highest BCUT2D eigenvalue weighted by Crippen LogP contribution is 2.12. The van der Waals surface area contributed by atoms with E-state index in [-0.39, 0.29) is 0 Å². The summed E-state index contributed by atoms with van der Waals surface area (Å²) in [7, 11) is -3.21. The molecule has 2 unspecified atom stereocenters. The third-order valence-electron chi connectivity index (χ3n) is 2.74. The van der Waals surface area contributed by atoms with Crippen LogP contribution in [0.3, 0.4) is 0 Å². The summed E-state index contributed by atoms with van der Waals surface area (Å²) in [5, 5.41) is 6.00. The van der Waals surface area contributed by atoms with Gasteiger partial charge in [-0.05, 0) is 32.2 Å². The molecule has 1 aliphatic heterocycles. The SMILES string of the molecule is CC1CCC(CNC(=O)CS(C)(=O)=O)CN1. The van der Waals surface area contributed by atoms with Crippen molar-refractivity contribution in [1.82, 2.24) is 10.6 Å². The number of hydrogen-bond acceptors (Lipinski definition) is 4. The highest BCUT2D eigenvalue weighted by atomic mass is 32.2. The lowest BCUT2D eigenvalue weighted by atomic mass is 9.95. The van der Waals surface area contributed by atoms with Crippen molar-refractivity contribution in [2.24, 2.45) is 5.92 Å². The summed E-state index contributed by atoms with van der Waals surface area (Å²) in [4.78, 5) is 11.3. The standard InChI is InChI=1S/C10H20N2O3S/c1-8-3-4-9(5-11-8)6-12-10(13)7-16(2,14)15/h8-9,11H,3-7H2,1-2H3,(H,12,13). The molecule has 1 saturated heterocycles. The zero-order chi connectivity index (χ0) is 12.2. The number of rotatable bonds is 4. The summed E-state index contributed by atoms with van der Waals surface area (Å²) in [6, 6.07) is 0.544. The summed E-state index contributed by atoms with van der Waals surface area (Å²) in [5.41, 5.74) is 0. The zero-order valence-electron chi connectivity index (χ0n) is 9.82. The van der Waals surface area contributed by atoms with Gasteiger partial charge in [-0.15, -0.1) is 0 Å². The number of hydrogen-bond donors (Lipinski definition) is 2. The maximum absolute atomic E-state index is 11.3. The van der Waals surface area contributed by atoms with E-state index in [0.29, 0.717) is 18.5 Å². The Bertz CT molecular complexity index is 332. The molecule has 5 nitrogen and oxygen atoms in total. The number of piperidine rings is 1. The Morgan fingerprint density at radius 3 is 2.62 bits per heavy atom. The lowest BCUT2D eigenvalue weighted by Gasteiger charge is -2.27. The Kier molecular flexibility index (Phi) is 4.73. The van der Waals surface area contributed by atoms with E-state index in [0.717, 1.165) is 25.6 Å². The number of sulfone groups is 1. The first kappa shape index (κ1) is 13.4. The molecule has 0 saturated carbocycles. The average molecular weight is 248 g/mol. The summed E-state index contributed by atoms with van der Waals surface area (Å²) >= 11 is 0. The Hall–Kier alpha value is -0.620. The lowest BCUT2D eigenvalue weighted by molar-refractivity contribution is -0.118. The molecular formula is C10H20N2O3S. The van der Waals surface area contributed by atoms with E-state index < -0.39 is 21.5 Å². The lowest BCUT2D eigenvalue weighted by Crippen LogP contribution is -2.42. The van der Waals surface area contributed by atoms with Crippen LogP contribution in [0.4, 0.5) is 0 Å². The van der Waals surface area contributed by atoms with E-state index in [2.05, 4.69) is 17.6 Å². The van der Waals surface area contributed by atoms with Crippen molar-refractivity contribution in [3.05, 3.63) is 0 Å². The smallest absolute Gasteiger partial charge is 0.235 e. The molecule has 1 aliphatic rings. The summed E-state index contributed by atoms with van der Waals surface area (Å²) in [6.45, 7) is 3.59. The van der Waals surface area contributed by atoms with Gasteiger partial charge in [0.15, 0.2) is 9.84 Å². The minimum Gasteiger partial charge on any atom is -0.355 e. The fourth-order valence-corrected chi connectivity index (χ4v) is 2.36. The van der Waals surface area contributed by atoms with Gasteiger partial charge in [-0.3, -0.25) is 4.79 Å². The van der Waals surface area contributed by atoms with Crippen molar-refractivity contribution in [3.8, 4) is 0 Å². The van der Waals surface area contributed by atoms with Crippen LogP contribution in [0.2, 0.25) is 0 Å². The molecule has 2 atom stereocenters. The van der Waals surface area contributed by atoms with E-state index in [1.165, 1.54) is 0 Å². The first-order valence-electron chi connectivity index (χ1n) is 5.54. The van der Waals surface area contributed by atoms with Crippen LogP contribution < -0.4 is 10.6 Å². The highest BCUT2D eigenvalue weighted by molar-refractivity contribution is 7.91. The van der Waals surface area contributed by atoms with Gasteiger partial charge in [-0.25, -0.2) is 8.42 Å². The fourth-order valence-electron chi connectivity index (χ4n) is 1.78. The largest absolute Gasteiger partial charge is 0.355 e.